The Hall–Kier alpha value is -1.56. The SMILES string of the molecule is CC(C)(C)CC12CC3CC(C1)C(NC(=O)NS(=O)(=O)c1ccccc1)C(C3)C2. The van der Waals surface area contributed by atoms with Gasteiger partial charge in [0.2, 0.25) is 0 Å². The van der Waals surface area contributed by atoms with Crippen LogP contribution in [0.3, 0.4) is 0 Å². The fourth-order valence-electron chi connectivity index (χ4n) is 6.73. The van der Waals surface area contributed by atoms with Crippen LogP contribution in [-0.2, 0) is 10.0 Å². The summed E-state index contributed by atoms with van der Waals surface area (Å²) in [6, 6.07) is 7.55. The summed E-state index contributed by atoms with van der Waals surface area (Å²) in [4.78, 5) is 12.6. The van der Waals surface area contributed by atoms with Gasteiger partial charge in [-0.1, -0.05) is 39.0 Å². The summed E-state index contributed by atoms with van der Waals surface area (Å²) in [5, 5.41) is 3.04. The van der Waals surface area contributed by atoms with E-state index in [-0.39, 0.29) is 10.9 Å². The number of amides is 2. The zero-order chi connectivity index (χ0) is 20.2. The van der Waals surface area contributed by atoms with Crippen LogP contribution >= 0.6 is 0 Å². The quantitative estimate of drug-likeness (QED) is 0.785. The number of benzene rings is 1. The van der Waals surface area contributed by atoms with Gasteiger partial charge in [0.05, 0.1) is 4.90 Å². The van der Waals surface area contributed by atoms with Crippen molar-refractivity contribution < 1.29 is 13.2 Å². The van der Waals surface area contributed by atoms with E-state index in [1.54, 1.807) is 18.2 Å². The topological polar surface area (TPSA) is 75.3 Å². The van der Waals surface area contributed by atoms with Crippen molar-refractivity contribution in [1.29, 1.82) is 0 Å². The van der Waals surface area contributed by atoms with Crippen molar-refractivity contribution in [2.75, 3.05) is 0 Å². The third-order valence-electron chi connectivity index (χ3n) is 6.88. The van der Waals surface area contributed by atoms with Crippen LogP contribution in [-0.4, -0.2) is 20.5 Å². The van der Waals surface area contributed by atoms with E-state index in [9.17, 15) is 13.2 Å². The molecule has 5 rings (SSSR count). The minimum absolute atomic E-state index is 0.0932. The van der Waals surface area contributed by atoms with Crippen molar-refractivity contribution in [3.63, 3.8) is 0 Å². The minimum Gasteiger partial charge on any atom is -0.334 e. The molecule has 0 radical (unpaired) electrons. The summed E-state index contributed by atoms with van der Waals surface area (Å²) in [5.74, 6) is 1.71. The summed E-state index contributed by atoms with van der Waals surface area (Å²) in [6.45, 7) is 6.97. The molecule has 0 saturated heterocycles. The molecule has 1 aromatic carbocycles. The first-order chi connectivity index (χ1) is 13.1. The monoisotopic (exact) mass is 404 g/mol. The van der Waals surface area contributed by atoms with Crippen LogP contribution in [0.5, 0.6) is 0 Å². The maximum Gasteiger partial charge on any atom is 0.328 e. The van der Waals surface area contributed by atoms with E-state index >= 15 is 0 Å². The maximum atomic E-state index is 12.5. The number of nitrogens with one attached hydrogen (secondary N) is 2. The van der Waals surface area contributed by atoms with Gasteiger partial charge in [-0.3, -0.25) is 0 Å². The highest BCUT2D eigenvalue weighted by Gasteiger charge is 2.56. The van der Waals surface area contributed by atoms with Crippen LogP contribution in [0.4, 0.5) is 4.79 Å². The molecule has 4 saturated carbocycles. The first kappa shape index (κ1) is 19.7. The Morgan fingerprint density at radius 3 is 2.25 bits per heavy atom. The van der Waals surface area contributed by atoms with Crippen LogP contribution < -0.4 is 10.0 Å². The van der Waals surface area contributed by atoms with E-state index in [4.69, 9.17) is 0 Å². The lowest BCUT2D eigenvalue weighted by atomic mass is 9.46. The van der Waals surface area contributed by atoms with E-state index in [1.165, 1.54) is 37.8 Å². The van der Waals surface area contributed by atoms with Gasteiger partial charge in [-0.2, -0.15) is 0 Å². The van der Waals surface area contributed by atoms with Crippen molar-refractivity contribution in [2.45, 2.75) is 70.2 Å². The molecule has 2 N–H and O–H groups in total. The second kappa shape index (κ2) is 6.75. The molecule has 0 aliphatic heterocycles. The molecule has 154 valence electrons. The minimum atomic E-state index is -3.83. The number of rotatable bonds is 4. The van der Waals surface area contributed by atoms with Crippen LogP contribution in [0.2, 0.25) is 0 Å². The van der Waals surface area contributed by atoms with E-state index in [2.05, 4.69) is 30.8 Å². The molecule has 4 aliphatic carbocycles. The summed E-state index contributed by atoms with van der Waals surface area (Å²) in [7, 11) is -3.83. The van der Waals surface area contributed by atoms with Gasteiger partial charge < -0.3 is 5.32 Å². The Labute approximate surface area is 168 Å². The first-order valence-electron chi connectivity index (χ1n) is 10.4. The molecule has 2 atom stereocenters. The van der Waals surface area contributed by atoms with Gasteiger partial charge in [-0.25, -0.2) is 17.9 Å². The van der Waals surface area contributed by atoms with Gasteiger partial charge in [0.15, 0.2) is 0 Å². The summed E-state index contributed by atoms with van der Waals surface area (Å²) >= 11 is 0. The number of hydrogen-bond acceptors (Lipinski definition) is 3. The second-order valence-electron chi connectivity index (χ2n) is 10.6. The molecule has 28 heavy (non-hydrogen) atoms. The number of hydrogen-bond donors (Lipinski definition) is 2. The molecule has 0 aromatic heterocycles. The summed E-state index contributed by atoms with van der Waals surface area (Å²) in [6.07, 6.45) is 7.22. The Balaban J connectivity index is 1.44. The van der Waals surface area contributed by atoms with Crippen LogP contribution in [0.25, 0.3) is 0 Å². The highest BCUT2D eigenvalue weighted by Crippen LogP contribution is 2.63. The summed E-state index contributed by atoms with van der Waals surface area (Å²) in [5.41, 5.74) is 0.731. The lowest BCUT2D eigenvalue weighted by Crippen LogP contribution is -2.61. The number of carbonyl (C=O) groups excluding carboxylic acids is 1. The van der Waals surface area contributed by atoms with E-state index in [0.29, 0.717) is 22.7 Å². The number of sulfonamides is 1. The van der Waals surface area contributed by atoms with Crippen LogP contribution in [0.1, 0.15) is 59.3 Å². The van der Waals surface area contributed by atoms with Crippen molar-refractivity contribution in [1.82, 2.24) is 10.0 Å². The largest absolute Gasteiger partial charge is 0.334 e. The van der Waals surface area contributed by atoms with Gasteiger partial charge in [0, 0.05) is 6.04 Å². The van der Waals surface area contributed by atoms with E-state index < -0.39 is 16.1 Å². The highest BCUT2D eigenvalue weighted by atomic mass is 32.2. The third-order valence-corrected chi connectivity index (χ3v) is 8.23. The Morgan fingerprint density at radius 2 is 1.68 bits per heavy atom. The molecule has 0 spiro atoms. The van der Waals surface area contributed by atoms with Gasteiger partial charge in [0.25, 0.3) is 10.0 Å². The van der Waals surface area contributed by atoms with E-state index in [1.807, 2.05) is 0 Å². The molecule has 6 heteroatoms. The van der Waals surface area contributed by atoms with Crippen molar-refractivity contribution in [3.05, 3.63) is 30.3 Å². The fourth-order valence-corrected chi connectivity index (χ4v) is 7.67. The van der Waals surface area contributed by atoms with Gasteiger partial charge in [0.1, 0.15) is 0 Å². The molecule has 2 amide bonds. The molecular weight excluding hydrogens is 372 g/mol. The van der Waals surface area contributed by atoms with Crippen LogP contribution in [0, 0.1) is 28.6 Å². The van der Waals surface area contributed by atoms with Crippen molar-refractivity contribution in [3.8, 4) is 0 Å². The lowest BCUT2D eigenvalue weighted by Gasteiger charge is -2.61. The number of urea groups is 1. The Bertz CT molecular complexity index is 828. The Kier molecular flexibility index (Phi) is 4.76. The normalized spacial score (nSPS) is 34.2. The molecule has 1 aromatic rings. The maximum absolute atomic E-state index is 12.5. The number of carbonyl (C=O) groups is 1. The molecule has 5 nitrogen and oxygen atoms in total. The average molecular weight is 405 g/mol. The smallest absolute Gasteiger partial charge is 0.328 e. The predicted molar refractivity (Wildman–Crippen MR) is 109 cm³/mol. The zero-order valence-corrected chi connectivity index (χ0v) is 17.9. The lowest BCUT2D eigenvalue weighted by molar-refractivity contribution is -0.0900. The van der Waals surface area contributed by atoms with Crippen molar-refractivity contribution >= 4 is 16.1 Å². The van der Waals surface area contributed by atoms with Gasteiger partial charge >= 0.3 is 6.03 Å². The fraction of sp³-hybridized carbons (Fsp3) is 0.682. The zero-order valence-electron chi connectivity index (χ0n) is 17.1. The molecule has 4 fully saturated rings. The summed E-state index contributed by atoms with van der Waals surface area (Å²) < 4.78 is 27.1. The molecule has 4 aliphatic rings. The molecular formula is C22H32N2O3S. The third kappa shape index (κ3) is 3.93. The predicted octanol–water partition coefficient (Wildman–Crippen LogP) is 4.31. The molecule has 4 bridgehead atoms. The molecule has 2 unspecified atom stereocenters. The molecule has 0 heterocycles. The standard InChI is InChI=1S/C22H32N2O3S/c1-21(2,3)14-22-11-15-9-16(12-22)19(17(10-15)13-22)23-20(25)24-28(26,27)18-7-5-4-6-8-18/h4-8,15-17,19H,9-14H2,1-3H3,(H2,23,24,25). The highest BCUT2D eigenvalue weighted by molar-refractivity contribution is 7.90. The van der Waals surface area contributed by atoms with E-state index in [0.717, 1.165) is 18.8 Å². The first-order valence-corrected chi connectivity index (χ1v) is 11.9. The second-order valence-corrected chi connectivity index (χ2v) is 12.3. The van der Waals surface area contributed by atoms with Crippen LogP contribution in [0.15, 0.2) is 35.2 Å². The van der Waals surface area contributed by atoms with Gasteiger partial charge in [-0.05, 0) is 79.2 Å². The van der Waals surface area contributed by atoms with Gasteiger partial charge in [-0.15, -0.1) is 0 Å². The van der Waals surface area contributed by atoms with Crippen molar-refractivity contribution in [2.24, 2.45) is 28.6 Å². The Morgan fingerprint density at radius 1 is 1.07 bits per heavy atom. The average Bonchev–Trinajstić information content (AvgIpc) is 2.56.